The van der Waals surface area contributed by atoms with Crippen LogP contribution in [-0.4, -0.2) is 17.1 Å². The molecular formula is C13H13ClO. The number of halogens is 1. The molecule has 2 heteroatoms. The molecule has 1 unspecified atom stereocenters. The van der Waals surface area contributed by atoms with E-state index in [1.807, 2.05) is 18.2 Å². The van der Waals surface area contributed by atoms with E-state index in [9.17, 15) is 0 Å². The highest BCUT2D eigenvalue weighted by Crippen LogP contribution is 2.59. The second-order valence-corrected chi connectivity index (χ2v) is 5.11. The Bertz CT molecular complexity index is 388. The van der Waals surface area contributed by atoms with E-state index in [4.69, 9.17) is 16.3 Å². The number of alkyl halides is 1. The van der Waals surface area contributed by atoms with Gasteiger partial charge in [0.25, 0.3) is 0 Å². The topological polar surface area (TPSA) is 12.5 Å². The van der Waals surface area contributed by atoms with Gasteiger partial charge in [-0.3, -0.25) is 0 Å². The zero-order valence-electron chi connectivity index (χ0n) is 8.45. The van der Waals surface area contributed by atoms with Gasteiger partial charge in [0.1, 0.15) is 5.60 Å². The van der Waals surface area contributed by atoms with E-state index >= 15 is 0 Å². The standard InChI is InChI=1S/C13H13ClO/c14-12(8-9-12)13(10-15-13)7-6-11-4-2-1-3-5-11/h1-7H,8-10H2. The number of rotatable bonds is 3. The third-order valence-electron chi connectivity index (χ3n) is 3.25. The molecule has 0 spiro atoms. The molecule has 1 atom stereocenters. The molecule has 1 nitrogen and oxygen atoms in total. The molecule has 1 saturated carbocycles. The summed E-state index contributed by atoms with van der Waals surface area (Å²) in [4.78, 5) is -0.0989. The van der Waals surface area contributed by atoms with Crippen LogP contribution in [0.5, 0.6) is 0 Å². The Morgan fingerprint density at radius 3 is 2.40 bits per heavy atom. The summed E-state index contributed by atoms with van der Waals surface area (Å²) >= 11 is 6.39. The fourth-order valence-corrected chi connectivity index (χ4v) is 2.18. The molecule has 0 N–H and O–H groups in total. The molecule has 1 aliphatic heterocycles. The Balaban J connectivity index is 1.78. The molecule has 3 rings (SSSR count). The van der Waals surface area contributed by atoms with Gasteiger partial charge in [-0.25, -0.2) is 0 Å². The van der Waals surface area contributed by atoms with Gasteiger partial charge in [0.15, 0.2) is 0 Å². The Morgan fingerprint density at radius 1 is 1.20 bits per heavy atom. The van der Waals surface area contributed by atoms with Crippen LogP contribution in [0.2, 0.25) is 0 Å². The second kappa shape index (κ2) is 3.10. The van der Waals surface area contributed by atoms with Crippen LogP contribution in [0.25, 0.3) is 6.08 Å². The van der Waals surface area contributed by atoms with Crippen molar-refractivity contribution in [2.45, 2.75) is 23.3 Å². The second-order valence-electron chi connectivity index (χ2n) is 4.39. The third kappa shape index (κ3) is 1.60. The number of hydrogen-bond acceptors (Lipinski definition) is 1. The van der Waals surface area contributed by atoms with Crippen LogP contribution in [-0.2, 0) is 4.74 Å². The summed E-state index contributed by atoms with van der Waals surface area (Å²) in [6.45, 7) is 0.778. The maximum absolute atomic E-state index is 6.39. The largest absolute Gasteiger partial charge is 0.363 e. The van der Waals surface area contributed by atoms with Crippen molar-refractivity contribution < 1.29 is 4.74 Å². The van der Waals surface area contributed by atoms with Gasteiger partial charge in [-0.1, -0.05) is 36.4 Å². The number of hydrogen-bond donors (Lipinski definition) is 0. The number of ether oxygens (including phenoxy) is 1. The predicted molar refractivity (Wildman–Crippen MR) is 62.0 cm³/mol. The third-order valence-corrected chi connectivity index (χ3v) is 3.95. The van der Waals surface area contributed by atoms with Gasteiger partial charge in [-0.05, 0) is 24.5 Å². The molecule has 0 amide bonds. The molecule has 2 fully saturated rings. The summed E-state index contributed by atoms with van der Waals surface area (Å²) in [5.41, 5.74) is 1.04. The molecule has 15 heavy (non-hydrogen) atoms. The summed E-state index contributed by atoms with van der Waals surface area (Å²) in [6.07, 6.45) is 6.39. The SMILES string of the molecule is ClC1(C2(C=Cc3ccccc3)CO2)CC1. The first-order valence-corrected chi connectivity index (χ1v) is 5.69. The lowest BCUT2D eigenvalue weighted by atomic mass is 10.0. The van der Waals surface area contributed by atoms with Crippen LogP contribution in [0.3, 0.4) is 0 Å². The predicted octanol–water partition coefficient (Wildman–Crippen LogP) is 3.24. The highest BCUT2D eigenvalue weighted by Gasteiger charge is 2.65. The highest BCUT2D eigenvalue weighted by molar-refractivity contribution is 6.27. The summed E-state index contributed by atoms with van der Waals surface area (Å²) in [7, 11) is 0. The summed E-state index contributed by atoms with van der Waals surface area (Å²) < 4.78 is 5.53. The first-order valence-electron chi connectivity index (χ1n) is 5.31. The molecule has 1 aliphatic carbocycles. The van der Waals surface area contributed by atoms with E-state index in [1.54, 1.807) is 0 Å². The Hall–Kier alpha value is -0.790. The van der Waals surface area contributed by atoms with Crippen LogP contribution in [0.15, 0.2) is 36.4 Å². The molecule has 1 saturated heterocycles. The van der Waals surface area contributed by atoms with Crippen molar-refractivity contribution in [2.24, 2.45) is 0 Å². The van der Waals surface area contributed by atoms with Crippen molar-refractivity contribution >= 4 is 17.7 Å². The van der Waals surface area contributed by atoms with Gasteiger partial charge in [0, 0.05) is 0 Å². The van der Waals surface area contributed by atoms with Crippen LogP contribution in [0, 0.1) is 0 Å². The van der Waals surface area contributed by atoms with Crippen molar-refractivity contribution in [3.05, 3.63) is 42.0 Å². The summed E-state index contributed by atoms with van der Waals surface area (Å²) in [5, 5.41) is 0. The molecule has 1 heterocycles. The first kappa shape index (κ1) is 9.44. The van der Waals surface area contributed by atoms with Crippen molar-refractivity contribution in [3.8, 4) is 0 Å². The molecule has 0 radical (unpaired) electrons. The first-order chi connectivity index (χ1) is 7.24. The minimum Gasteiger partial charge on any atom is -0.363 e. The van der Waals surface area contributed by atoms with E-state index in [0.717, 1.165) is 19.4 Å². The van der Waals surface area contributed by atoms with Crippen LogP contribution in [0.1, 0.15) is 18.4 Å². The Morgan fingerprint density at radius 2 is 1.87 bits per heavy atom. The zero-order chi connectivity index (χ0) is 10.4. The maximum atomic E-state index is 6.39. The molecule has 0 aromatic heterocycles. The Labute approximate surface area is 94.7 Å². The van der Waals surface area contributed by atoms with E-state index in [-0.39, 0.29) is 10.5 Å². The summed E-state index contributed by atoms with van der Waals surface area (Å²) in [5.74, 6) is 0. The fourth-order valence-electron chi connectivity index (χ4n) is 1.91. The van der Waals surface area contributed by atoms with Gasteiger partial charge < -0.3 is 4.74 Å². The average Bonchev–Trinajstić information content (AvgIpc) is 3.14. The Kier molecular flexibility index (Phi) is 1.95. The number of epoxide rings is 1. The lowest BCUT2D eigenvalue weighted by Gasteiger charge is -2.11. The number of benzene rings is 1. The minimum atomic E-state index is -0.162. The van der Waals surface area contributed by atoms with E-state index < -0.39 is 0 Å². The minimum absolute atomic E-state index is 0.0989. The normalized spacial score (nSPS) is 31.8. The molecule has 1 aromatic rings. The van der Waals surface area contributed by atoms with Gasteiger partial charge >= 0.3 is 0 Å². The van der Waals surface area contributed by atoms with Crippen molar-refractivity contribution in [2.75, 3.05) is 6.61 Å². The van der Waals surface area contributed by atoms with E-state index in [2.05, 4.69) is 24.3 Å². The van der Waals surface area contributed by atoms with Gasteiger partial charge in [0.2, 0.25) is 0 Å². The van der Waals surface area contributed by atoms with Crippen molar-refractivity contribution in [1.29, 1.82) is 0 Å². The average molecular weight is 221 g/mol. The molecule has 2 aliphatic rings. The molecule has 0 bridgehead atoms. The van der Waals surface area contributed by atoms with Gasteiger partial charge in [-0.2, -0.15) is 0 Å². The van der Waals surface area contributed by atoms with Crippen LogP contribution < -0.4 is 0 Å². The fraction of sp³-hybridized carbons (Fsp3) is 0.385. The highest BCUT2D eigenvalue weighted by atomic mass is 35.5. The summed E-state index contributed by atoms with van der Waals surface area (Å²) in [6, 6.07) is 10.3. The maximum Gasteiger partial charge on any atom is 0.129 e. The quantitative estimate of drug-likeness (QED) is 0.563. The monoisotopic (exact) mass is 220 g/mol. The molecule has 1 aromatic carbocycles. The smallest absolute Gasteiger partial charge is 0.129 e. The van der Waals surface area contributed by atoms with E-state index in [0.29, 0.717) is 0 Å². The zero-order valence-corrected chi connectivity index (χ0v) is 9.20. The van der Waals surface area contributed by atoms with Crippen LogP contribution in [0.4, 0.5) is 0 Å². The lowest BCUT2D eigenvalue weighted by Crippen LogP contribution is -2.23. The lowest BCUT2D eigenvalue weighted by molar-refractivity contribution is 0.335. The van der Waals surface area contributed by atoms with Gasteiger partial charge in [0.05, 0.1) is 11.5 Å². The molecular weight excluding hydrogens is 208 g/mol. The van der Waals surface area contributed by atoms with Crippen LogP contribution >= 0.6 is 11.6 Å². The molecule has 78 valence electrons. The van der Waals surface area contributed by atoms with Gasteiger partial charge in [-0.15, -0.1) is 11.6 Å². The van der Waals surface area contributed by atoms with Crippen molar-refractivity contribution in [1.82, 2.24) is 0 Å². The van der Waals surface area contributed by atoms with Crippen molar-refractivity contribution in [3.63, 3.8) is 0 Å². The van der Waals surface area contributed by atoms with E-state index in [1.165, 1.54) is 5.56 Å².